The van der Waals surface area contributed by atoms with Gasteiger partial charge in [-0.05, 0) is 43.4 Å². The summed E-state index contributed by atoms with van der Waals surface area (Å²) < 4.78 is 11.1. The summed E-state index contributed by atoms with van der Waals surface area (Å²) in [6.45, 7) is 7.82. The molecule has 0 bridgehead atoms. The molecule has 0 aliphatic rings. The molecule has 0 radical (unpaired) electrons. The third-order valence-corrected chi connectivity index (χ3v) is 3.16. The zero-order chi connectivity index (χ0) is 14.3. The molecule has 1 aromatic rings. The topological polar surface area (TPSA) is 44.5 Å². The van der Waals surface area contributed by atoms with Gasteiger partial charge in [-0.25, -0.2) is 0 Å². The summed E-state index contributed by atoms with van der Waals surface area (Å²) in [5.41, 5.74) is 8.09. The van der Waals surface area contributed by atoms with Crippen molar-refractivity contribution in [3.05, 3.63) is 29.3 Å². The largest absolute Gasteiger partial charge is 0.496 e. The molecular weight excluding hydrogens is 238 g/mol. The molecule has 0 fully saturated rings. The Morgan fingerprint density at radius 2 is 1.95 bits per heavy atom. The highest BCUT2D eigenvalue weighted by Crippen LogP contribution is 2.23. The average Bonchev–Trinajstić information content (AvgIpc) is 2.37. The van der Waals surface area contributed by atoms with Crippen LogP contribution in [0.1, 0.15) is 50.8 Å². The van der Waals surface area contributed by atoms with Crippen LogP contribution >= 0.6 is 0 Å². The lowest BCUT2D eigenvalue weighted by Crippen LogP contribution is -2.07. The van der Waals surface area contributed by atoms with Crippen LogP contribution in [-0.4, -0.2) is 13.7 Å². The maximum Gasteiger partial charge on any atom is 0.124 e. The molecule has 19 heavy (non-hydrogen) atoms. The summed E-state index contributed by atoms with van der Waals surface area (Å²) in [6, 6.07) is 6.08. The number of rotatable bonds is 8. The van der Waals surface area contributed by atoms with E-state index in [4.69, 9.17) is 15.2 Å². The molecule has 0 spiro atoms. The second-order valence-electron chi connectivity index (χ2n) is 5.45. The van der Waals surface area contributed by atoms with Crippen LogP contribution in [0.2, 0.25) is 0 Å². The third kappa shape index (κ3) is 5.62. The Kier molecular flexibility index (Phi) is 6.89. The summed E-state index contributed by atoms with van der Waals surface area (Å²) in [4.78, 5) is 0. The Morgan fingerprint density at radius 1 is 1.21 bits per heavy atom. The van der Waals surface area contributed by atoms with Crippen LogP contribution < -0.4 is 10.5 Å². The molecule has 3 heteroatoms. The molecule has 1 unspecified atom stereocenters. The van der Waals surface area contributed by atoms with Crippen molar-refractivity contribution in [2.24, 2.45) is 11.7 Å². The lowest BCUT2D eigenvalue weighted by molar-refractivity contribution is 0.113. The van der Waals surface area contributed by atoms with E-state index in [1.54, 1.807) is 7.11 Å². The Hall–Kier alpha value is -1.06. The monoisotopic (exact) mass is 265 g/mol. The highest BCUT2D eigenvalue weighted by Gasteiger charge is 2.07. The molecule has 1 rings (SSSR count). The molecule has 0 saturated carbocycles. The van der Waals surface area contributed by atoms with Crippen LogP contribution in [0.25, 0.3) is 0 Å². The van der Waals surface area contributed by atoms with E-state index < -0.39 is 0 Å². The van der Waals surface area contributed by atoms with Crippen molar-refractivity contribution in [3.63, 3.8) is 0 Å². The minimum absolute atomic E-state index is 0.0330. The van der Waals surface area contributed by atoms with Crippen molar-refractivity contribution >= 4 is 0 Å². The molecule has 0 saturated heterocycles. The van der Waals surface area contributed by atoms with E-state index in [2.05, 4.69) is 19.9 Å². The number of nitrogens with two attached hydrogens (primary N) is 1. The van der Waals surface area contributed by atoms with Gasteiger partial charge in [-0.2, -0.15) is 0 Å². The van der Waals surface area contributed by atoms with Gasteiger partial charge in [0.25, 0.3) is 0 Å². The third-order valence-electron chi connectivity index (χ3n) is 3.16. The van der Waals surface area contributed by atoms with Crippen molar-refractivity contribution in [2.75, 3.05) is 13.7 Å². The molecule has 0 heterocycles. The predicted octanol–water partition coefficient (Wildman–Crippen LogP) is 3.67. The summed E-state index contributed by atoms with van der Waals surface area (Å²) in [7, 11) is 1.68. The molecule has 0 amide bonds. The van der Waals surface area contributed by atoms with Gasteiger partial charge in [-0.1, -0.05) is 19.9 Å². The van der Waals surface area contributed by atoms with Gasteiger partial charge in [-0.3, -0.25) is 0 Å². The van der Waals surface area contributed by atoms with E-state index in [0.717, 1.165) is 35.8 Å². The van der Waals surface area contributed by atoms with Crippen LogP contribution in [0.3, 0.4) is 0 Å². The van der Waals surface area contributed by atoms with Gasteiger partial charge >= 0.3 is 0 Å². The summed E-state index contributed by atoms with van der Waals surface area (Å²) in [6.07, 6.45) is 2.31. The highest BCUT2D eigenvalue weighted by atomic mass is 16.5. The van der Waals surface area contributed by atoms with E-state index >= 15 is 0 Å². The molecule has 0 aliphatic carbocycles. The minimum Gasteiger partial charge on any atom is -0.496 e. The Balaban J connectivity index is 2.53. The first-order chi connectivity index (χ1) is 9.04. The van der Waals surface area contributed by atoms with Gasteiger partial charge in [0, 0.05) is 18.2 Å². The van der Waals surface area contributed by atoms with Crippen molar-refractivity contribution in [2.45, 2.75) is 46.3 Å². The van der Waals surface area contributed by atoms with Crippen molar-refractivity contribution in [1.29, 1.82) is 0 Å². The van der Waals surface area contributed by atoms with Crippen LogP contribution in [-0.2, 0) is 11.3 Å². The maximum atomic E-state index is 5.90. The Labute approximate surface area is 117 Å². The van der Waals surface area contributed by atoms with E-state index in [1.165, 1.54) is 6.42 Å². The van der Waals surface area contributed by atoms with Crippen LogP contribution in [0, 0.1) is 5.92 Å². The van der Waals surface area contributed by atoms with Gasteiger partial charge in [0.05, 0.1) is 13.7 Å². The number of hydrogen-bond acceptors (Lipinski definition) is 3. The second-order valence-corrected chi connectivity index (χ2v) is 5.45. The zero-order valence-corrected chi connectivity index (χ0v) is 12.6. The van der Waals surface area contributed by atoms with Crippen LogP contribution in [0.15, 0.2) is 18.2 Å². The molecule has 108 valence electrons. The minimum atomic E-state index is 0.0330. The number of methoxy groups -OCH3 is 1. The molecule has 1 atom stereocenters. The molecule has 0 aromatic heterocycles. The van der Waals surface area contributed by atoms with Gasteiger partial charge in [0.15, 0.2) is 0 Å². The number of benzene rings is 1. The van der Waals surface area contributed by atoms with E-state index in [0.29, 0.717) is 6.61 Å². The maximum absolute atomic E-state index is 5.90. The lowest BCUT2D eigenvalue weighted by atomic mass is 10.1. The molecule has 1 aromatic carbocycles. The highest BCUT2D eigenvalue weighted by molar-refractivity contribution is 5.37. The summed E-state index contributed by atoms with van der Waals surface area (Å²) >= 11 is 0. The van der Waals surface area contributed by atoms with Crippen molar-refractivity contribution < 1.29 is 9.47 Å². The second kappa shape index (κ2) is 8.18. The first-order valence-corrected chi connectivity index (χ1v) is 7.04. The molecule has 2 N–H and O–H groups in total. The van der Waals surface area contributed by atoms with Gasteiger partial charge in [0.2, 0.25) is 0 Å². The van der Waals surface area contributed by atoms with E-state index in [-0.39, 0.29) is 6.04 Å². The van der Waals surface area contributed by atoms with Crippen molar-refractivity contribution in [3.8, 4) is 5.75 Å². The predicted molar refractivity (Wildman–Crippen MR) is 79.3 cm³/mol. The van der Waals surface area contributed by atoms with Gasteiger partial charge < -0.3 is 15.2 Å². The first-order valence-electron chi connectivity index (χ1n) is 7.04. The quantitative estimate of drug-likeness (QED) is 0.729. The Bertz CT molecular complexity index is 375. The van der Waals surface area contributed by atoms with Crippen LogP contribution in [0.5, 0.6) is 5.75 Å². The first kappa shape index (κ1) is 16.0. The number of ether oxygens (including phenoxy) is 2. The average molecular weight is 265 g/mol. The van der Waals surface area contributed by atoms with E-state index in [9.17, 15) is 0 Å². The lowest BCUT2D eigenvalue weighted by Gasteiger charge is -2.13. The van der Waals surface area contributed by atoms with Crippen molar-refractivity contribution in [1.82, 2.24) is 0 Å². The standard InChI is InChI=1S/C16H27NO2/c1-12(2)6-5-9-19-11-15-10-14(13(3)17)7-8-16(15)18-4/h7-8,10,12-13H,5-6,9,11,17H2,1-4H3. The fourth-order valence-corrected chi connectivity index (χ4v) is 1.97. The van der Waals surface area contributed by atoms with E-state index in [1.807, 2.05) is 19.1 Å². The fraction of sp³-hybridized carbons (Fsp3) is 0.625. The number of hydrogen-bond donors (Lipinski definition) is 1. The summed E-state index contributed by atoms with van der Waals surface area (Å²) in [5.74, 6) is 1.60. The van der Waals surface area contributed by atoms with Gasteiger partial charge in [-0.15, -0.1) is 0 Å². The Morgan fingerprint density at radius 3 is 2.53 bits per heavy atom. The molecular formula is C16H27NO2. The fourth-order valence-electron chi connectivity index (χ4n) is 1.97. The SMILES string of the molecule is COc1ccc(C(C)N)cc1COCCCC(C)C. The normalized spacial score (nSPS) is 12.7. The summed E-state index contributed by atoms with van der Waals surface area (Å²) in [5, 5.41) is 0. The molecule has 3 nitrogen and oxygen atoms in total. The van der Waals surface area contributed by atoms with Gasteiger partial charge in [0.1, 0.15) is 5.75 Å². The smallest absolute Gasteiger partial charge is 0.124 e. The molecule has 0 aliphatic heterocycles. The zero-order valence-electron chi connectivity index (χ0n) is 12.6. The van der Waals surface area contributed by atoms with Crippen LogP contribution in [0.4, 0.5) is 0 Å².